The summed E-state index contributed by atoms with van der Waals surface area (Å²) in [6, 6.07) is 1.15. The maximum atomic E-state index is 11.6. The van der Waals surface area contributed by atoms with E-state index in [2.05, 4.69) is 26.7 Å². The van der Waals surface area contributed by atoms with Gasteiger partial charge in [-0.05, 0) is 46.2 Å². The first-order chi connectivity index (χ1) is 9.30. The Balaban J connectivity index is 4.14. The zero-order valence-electron chi connectivity index (χ0n) is 12.4. The van der Waals surface area contributed by atoms with Gasteiger partial charge in [-0.3, -0.25) is 0 Å². The van der Waals surface area contributed by atoms with Crippen molar-refractivity contribution in [1.82, 2.24) is 10.6 Å². The van der Waals surface area contributed by atoms with Gasteiger partial charge < -0.3 is 15.4 Å². The number of nitrogens with zero attached hydrogens (tertiary/aromatic N) is 4. The molecule has 8 heteroatoms. The zero-order valence-corrected chi connectivity index (χ0v) is 12.4. The van der Waals surface area contributed by atoms with Gasteiger partial charge >= 0.3 is 6.09 Å². The summed E-state index contributed by atoms with van der Waals surface area (Å²) in [6.07, 6.45) is 0.0719. The minimum absolute atomic E-state index is 0.371. The lowest BCUT2D eigenvalue weighted by molar-refractivity contribution is 0.0503. The molecule has 2 unspecified atom stereocenters. The van der Waals surface area contributed by atoms with Crippen molar-refractivity contribution in [1.29, 1.82) is 5.26 Å². The SMILES string of the molecule is CC(NC(=O)OC(C)(C)C)C(C#N)NCCCN=[N+]=[N-]. The lowest BCUT2D eigenvalue weighted by atomic mass is 10.1. The average Bonchev–Trinajstić information content (AvgIpc) is 2.31. The van der Waals surface area contributed by atoms with E-state index in [9.17, 15) is 4.79 Å². The van der Waals surface area contributed by atoms with Crippen LogP contribution in [0.15, 0.2) is 5.11 Å². The highest BCUT2D eigenvalue weighted by molar-refractivity contribution is 5.68. The van der Waals surface area contributed by atoms with Crippen LogP contribution in [0.25, 0.3) is 10.4 Å². The molecular weight excluding hydrogens is 260 g/mol. The first-order valence-electron chi connectivity index (χ1n) is 6.43. The van der Waals surface area contributed by atoms with E-state index in [1.54, 1.807) is 27.7 Å². The molecule has 2 atom stereocenters. The summed E-state index contributed by atoms with van der Waals surface area (Å²) in [5.74, 6) is 0. The Morgan fingerprint density at radius 1 is 1.55 bits per heavy atom. The van der Waals surface area contributed by atoms with Crippen molar-refractivity contribution in [2.24, 2.45) is 5.11 Å². The van der Waals surface area contributed by atoms with Gasteiger partial charge in [0.2, 0.25) is 0 Å². The summed E-state index contributed by atoms with van der Waals surface area (Å²) >= 11 is 0. The minimum Gasteiger partial charge on any atom is -0.444 e. The Labute approximate surface area is 119 Å². The van der Waals surface area contributed by atoms with Gasteiger partial charge in [-0.2, -0.15) is 5.26 Å². The van der Waals surface area contributed by atoms with Crippen molar-refractivity contribution in [3.8, 4) is 6.07 Å². The molecule has 0 aromatic heterocycles. The molecule has 20 heavy (non-hydrogen) atoms. The fraction of sp³-hybridized carbons (Fsp3) is 0.833. The number of hydrogen-bond acceptors (Lipinski definition) is 5. The highest BCUT2D eigenvalue weighted by Gasteiger charge is 2.22. The predicted molar refractivity (Wildman–Crippen MR) is 74.9 cm³/mol. The fourth-order valence-corrected chi connectivity index (χ4v) is 1.36. The molecule has 0 saturated heterocycles. The summed E-state index contributed by atoms with van der Waals surface area (Å²) < 4.78 is 5.12. The van der Waals surface area contributed by atoms with E-state index < -0.39 is 23.8 Å². The molecule has 0 aliphatic carbocycles. The highest BCUT2D eigenvalue weighted by atomic mass is 16.6. The number of nitrogens with one attached hydrogen (secondary N) is 2. The topological polar surface area (TPSA) is 123 Å². The van der Waals surface area contributed by atoms with Crippen molar-refractivity contribution >= 4 is 6.09 Å². The van der Waals surface area contributed by atoms with Crippen LogP contribution in [0.1, 0.15) is 34.1 Å². The molecule has 0 aromatic carbocycles. The average molecular weight is 282 g/mol. The fourth-order valence-electron chi connectivity index (χ4n) is 1.36. The minimum atomic E-state index is -0.575. The van der Waals surface area contributed by atoms with Crippen LogP contribution in [-0.2, 0) is 4.74 Å². The van der Waals surface area contributed by atoms with Crippen molar-refractivity contribution in [3.63, 3.8) is 0 Å². The number of ether oxygens (including phenoxy) is 1. The largest absolute Gasteiger partial charge is 0.444 e. The van der Waals surface area contributed by atoms with Gasteiger partial charge in [-0.25, -0.2) is 4.79 Å². The van der Waals surface area contributed by atoms with Gasteiger partial charge in [-0.15, -0.1) is 0 Å². The number of nitriles is 1. The van der Waals surface area contributed by atoms with Crippen LogP contribution in [-0.4, -0.2) is 36.9 Å². The van der Waals surface area contributed by atoms with Crippen molar-refractivity contribution in [2.45, 2.75) is 51.8 Å². The number of carbonyl (C=O) groups is 1. The molecule has 0 saturated carbocycles. The number of alkyl carbamates (subject to hydrolysis) is 1. The molecule has 0 aliphatic rings. The molecule has 0 spiro atoms. The van der Waals surface area contributed by atoms with E-state index in [-0.39, 0.29) is 0 Å². The van der Waals surface area contributed by atoms with Gasteiger partial charge in [0.15, 0.2) is 0 Å². The molecule has 0 bridgehead atoms. The van der Waals surface area contributed by atoms with E-state index >= 15 is 0 Å². The Morgan fingerprint density at radius 3 is 2.70 bits per heavy atom. The normalized spacial score (nSPS) is 13.6. The molecule has 0 aromatic rings. The van der Waals surface area contributed by atoms with Crippen LogP contribution in [0.2, 0.25) is 0 Å². The standard InChI is InChI=1S/C12H22N6O2/c1-9(17-11(19)20-12(2,3)4)10(8-13)15-6-5-7-16-18-14/h9-10,15H,5-7H2,1-4H3,(H,17,19). The molecule has 0 aliphatic heterocycles. The van der Waals surface area contributed by atoms with Crippen LogP contribution >= 0.6 is 0 Å². The number of azide groups is 1. The zero-order chi connectivity index (χ0) is 15.6. The first kappa shape index (κ1) is 18.0. The maximum Gasteiger partial charge on any atom is 0.407 e. The molecule has 0 fully saturated rings. The molecular formula is C12H22N6O2. The molecule has 112 valence electrons. The lowest BCUT2D eigenvalue weighted by Crippen LogP contribution is -2.49. The van der Waals surface area contributed by atoms with Crippen molar-refractivity contribution in [3.05, 3.63) is 10.4 Å². The quantitative estimate of drug-likeness (QED) is 0.321. The Hall–Kier alpha value is -1.97. The third kappa shape index (κ3) is 9.03. The van der Waals surface area contributed by atoms with Gasteiger partial charge in [0.05, 0.1) is 12.1 Å². The monoisotopic (exact) mass is 282 g/mol. The summed E-state index contributed by atoms with van der Waals surface area (Å²) in [7, 11) is 0. The maximum absolute atomic E-state index is 11.6. The van der Waals surface area contributed by atoms with E-state index in [1.807, 2.05) is 0 Å². The summed E-state index contributed by atoms with van der Waals surface area (Å²) in [5.41, 5.74) is 7.55. The third-order valence-electron chi connectivity index (χ3n) is 2.25. The van der Waals surface area contributed by atoms with Crippen LogP contribution in [0.3, 0.4) is 0 Å². The van der Waals surface area contributed by atoms with E-state index in [0.717, 1.165) is 0 Å². The van der Waals surface area contributed by atoms with Crippen LogP contribution < -0.4 is 10.6 Å². The number of carbonyl (C=O) groups excluding carboxylic acids is 1. The van der Waals surface area contributed by atoms with Crippen molar-refractivity contribution < 1.29 is 9.53 Å². The highest BCUT2D eigenvalue weighted by Crippen LogP contribution is 2.07. The van der Waals surface area contributed by atoms with Gasteiger partial charge in [0, 0.05) is 11.5 Å². The number of hydrogen-bond donors (Lipinski definition) is 2. The second-order valence-electron chi connectivity index (χ2n) is 5.30. The molecule has 1 amide bonds. The van der Waals surface area contributed by atoms with E-state index in [0.29, 0.717) is 19.5 Å². The van der Waals surface area contributed by atoms with Crippen LogP contribution in [0, 0.1) is 11.3 Å². The molecule has 0 heterocycles. The lowest BCUT2D eigenvalue weighted by Gasteiger charge is -2.24. The Bertz CT molecular complexity index is 392. The molecule has 8 nitrogen and oxygen atoms in total. The van der Waals surface area contributed by atoms with Crippen LogP contribution in [0.5, 0.6) is 0 Å². The van der Waals surface area contributed by atoms with Crippen LogP contribution in [0.4, 0.5) is 4.79 Å². The second kappa shape index (κ2) is 9.02. The number of rotatable bonds is 7. The smallest absolute Gasteiger partial charge is 0.407 e. The summed E-state index contributed by atoms with van der Waals surface area (Å²) in [4.78, 5) is 14.2. The number of amides is 1. The Kier molecular flexibility index (Phi) is 8.13. The second-order valence-corrected chi connectivity index (χ2v) is 5.30. The van der Waals surface area contributed by atoms with Gasteiger partial charge in [0.25, 0.3) is 0 Å². The van der Waals surface area contributed by atoms with E-state index in [1.165, 1.54) is 0 Å². The predicted octanol–water partition coefficient (Wildman–Crippen LogP) is 2.08. The van der Waals surface area contributed by atoms with Crippen molar-refractivity contribution in [2.75, 3.05) is 13.1 Å². The molecule has 2 N–H and O–H groups in total. The third-order valence-corrected chi connectivity index (χ3v) is 2.25. The summed E-state index contributed by atoms with van der Waals surface area (Å²) in [5, 5.41) is 18.0. The summed E-state index contributed by atoms with van der Waals surface area (Å²) in [6.45, 7) is 7.93. The Morgan fingerprint density at radius 2 is 2.20 bits per heavy atom. The van der Waals surface area contributed by atoms with E-state index in [4.69, 9.17) is 15.5 Å². The van der Waals surface area contributed by atoms with Gasteiger partial charge in [-0.1, -0.05) is 5.11 Å². The molecule has 0 rings (SSSR count). The van der Waals surface area contributed by atoms with Gasteiger partial charge in [0.1, 0.15) is 11.6 Å². The molecule has 0 radical (unpaired) electrons. The first-order valence-corrected chi connectivity index (χ1v) is 6.43.